The third kappa shape index (κ3) is 4.63. The molecule has 34 heavy (non-hydrogen) atoms. The van der Waals surface area contributed by atoms with Gasteiger partial charge in [0.1, 0.15) is 11.5 Å². The topological polar surface area (TPSA) is 120 Å². The van der Waals surface area contributed by atoms with Crippen LogP contribution in [0.5, 0.6) is 0 Å². The first kappa shape index (κ1) is 23.4. The van der Waals surface area contributed by atoms with Gasteiger partial charge in [0.05, 0.1) is 24.8 Å². The van der Waals surface area contributed by atoms with E-state index >= 15 is 0 Å². The Hall–Kier alpha value is -3.76. The number of fused-ring (bicyclic) bond motifs is 1. The third-order valence-electron chi connectivity index (χ3n) is 6.04. The molecule has 178 valence electrons. The number of morpholine rings is 1. The van der Waals surface area contributed by atoms with Crippen LogP contribution in [-0.2, 0) is 9.53 Å². The minimum atomic E-state index is -0.441. The van der Waals surface area contributed by atoms with Gasteiger partial charge in [-0.3, -0.25) is 24.3 Å². The summed E-state index contributed by atoms with van der Waals surface area (Å²) < 4.78 is 5.38. The summed E-state index contributed by atoms with van der Waals surface area (Å²) in [5.74, 6) is -0.564. The second-order valence-electron chi connectivity index (χ2n) is 8.07. The van der Waals surface area contributed by atoms with E-state index in [1.54, 1.807) is 48.3 Å². The number of nitrogens with one attached hydrogen (secondary N) is 3. The molecule has 3 aromatic rings. The lowest BCUT2D eigenvalue weighted by molar-refractivity contribution is -0.124. The van der Waals surface area contributed by atoms with Crippen molar-refractivity contribution in [3.63, 3.8) is 0 Å². The van der Waals surface area contributed by atoms with E-state index in [-0.39, 0.29) is 29.4 Å². The van der Waals surface area contributed by atoms with Crippen LogP contribution in [0.3, 0.4) is 0 Å². The second kappa shape index (κ2) is 10.0. The number of carbonyl (C=O) groups excluding carboxylic acids is 3. The van der Waals surface area contributed by atoms with Crippen LogP contribution in [0.1, 0.15) is 27.8 Å². The number of aromatic amines is 1. The van der Waals surface area contributed by atoms with Gasteiger partial charge in [-0.25, -0.2) is 0 Å². The van der Waals surface area contributed by atoms with Crippen LogP contribution < -0.4 is 15.5 Å². The van der Waals surface area contributed by atoms with Crippen LogP contribution in [0.25, 0.3) is 10.9 Å². The predicted octanol–water partition coefficient (Wildman–Crippen LogP) is 1.86. The molecule has 0 saturated carbocycles. The normalized spacial score (nSPS) is 15.0. The first-order valence-electron chi connectivity index (χ1n) is 11.1. The number of amides is 3. The molecule has 0 radical (unpaired) electrons. The van der Waals surface area contributed by atoms with Crippen molar-refractivity contribution >= 4 is 40.1 Å². The van der Waals surface area contributed by atoms with Gasteiger partial charge in [-0.15, -0.1) is 0 Å². The molecule has 1 atom stereocenters. The molecule has 1 aromatic carbocycles. The average molecular weight is 465 g/mol. The Morgan fingerprint density at radius 2 is 1.91 bits per heavy atom. The monoisotopic (exact) mass is 464 g/mol. The molecule has 0 spiro atoms. The fourth-order valence-electron chi connectivity index (χ4n) is 4.05. The van der Waals surface area contributed by atoms with E-state index in [2.05, 4.69) is 25.5 Å². The highest BCUT2D eigenvalue weighted by Crippen LogP contribution is 2.30. The number of hydrogen-bond acceptors (Lipinski definition) is 6. The lowest BCUT2D eigenvalue weighted by atomic mass is 10.1. The summed E-state index contributed by atoms with van der Waals surface area (Å²) in [5, 5.41) is 5.99. The summed E-state index contributed by atoms with van der Waals surface area (Å²) in [4.78, 5) is 49.3. The van der Waals surface area contributed by atoms with Gasteiger partial charge in [0.25, 0.3) is 11.8 Å². The number of carbonyl (C=O) groups is 3. The number of rotatable bonds is 6. The molecular weight excluding hydrogens is 436 g/mol. The number of H-pyrrole nitrogens is 1. The summed E-state index contributed by atoms with van der Waals surface area (Å²) in [5.41, 5.74) is 1.83. The Balaban J connectivity index is 1.63. The molecule has 4 rings (SSSR count). The SMILES string of the molecule is CNC(=O)c1c(NC(=O)c2ccccn2)[nH]c2cc(N(C)C(=O)[C@H](C)N3CCOCC3)ccc12. The van der Waals surface area contributed by atoms with Gasteiger partial charge in [0.15, 0.2) is 0 Å². The Labute approximate surface area is 197 Å². The van der Waals surface area contributed by atoms with Gasteiger partial charge in [-0.05, 0) is 37.3 Å². The lowest BCUT2D eigenvalue weighted by Crippen LogP contribution is -2.50. The van der Waals surface area contributed by atoms with E-state index in [0.29, 0.717) is 48.5 Å². The second-order valence-corrected chi connectivity index (χ2v) is 8.07. The number of benzene rings is 1. The van der Waals surface area contributed by atoms with Crippen molar-refractivity contribution < 1.29 is 19.1 Å². The van der Waals surface area contributed by atoms with E-state index < -0.39 is 5.91 Å². The van der Waals surface area contributed by atoms with Crippen LogP contribution in [-0.4, -0.2) is 79.0 Å². The minimum Gasteiger partial charge on any atom is -0.379 e. The summed E-state index contributed by atoms with van der Waals surface area (Å²) in [7, 11) is 3.26. The van der Waals surface area contributed by atoms with Crippen molar-refractivity contribution in [3.8, 4) is 0 Å². The van der Waals surface area contributed by atoms with Gasteiger partial charge in [0.2, 0.25) is 5.91 Å². The highest BCUT2D eigenvalue weighted by molar-refractivity contribution is 6.15. The van der Waals surface area contributed by atoms with Crippen LogP contribution >= 0.6 is 0 Å². The largest absolute Gasteiger partial charge is 0.379 e. The first-order chi connectivity index (χ1) is 16.4. The fourth-order valence-corrected chi connectivity index (χ4v) is 4.05. The molecule has 1 fully saturated rings. The third-order valence-corrected chi connectivity index (χ3v) is 6.04. The van der Waals surface area contributed by atoms with Crippen LogP contribution in [0.15, 0.2) is 42.6 Å². The predicted molar refractivity (Wildman–Crippen MR) is 129 cm³/mol. The van der Waals surface area contributed by atoms with Gasteiger partial charge in [0, 0.05) is 50.0 Å². The highest BCUT2D eigenvalue weighted by Gasteiger charge is 2.27. The molecular formula is C24H28N6O4. The molecule has 3 heterocycles. The zero-order chi connectivity index (χ0) is 24.2. The van der Waals surface area contributed by atoms with Gasteiger partial charge in [-0.1, -0.05) is 6.07 Å². The van der Waals surface area contributed by atoms with E-state index in [1.165, 1.54) is 13.2 Å². The van der Waals surface area contributed by atoms with E-state index in [4.69, 9.17) is 4.74 Å². The Bertz CT molecular complexity index is 1200. The number of hydrogen-bond donors (Lipinski definition) is 3. The molecule has 2 aromatic heterocycles. The van der Waals surface area contributed by atoms with Crippen LogP contribution in [0, 0.1) is 0 Å². The van der Waals surface area contributed by atoms with Crippen molar-refractivity contribution in [2.45, 2.75) is 13.0 Å². The summed E-state index contributed by atoms with van der Waals surface area (Å²) >= 11 is 0. The van der Waals surface area contributed by atoms with Gasteiger partial charge < -0.3 is 25.3 Å². The van der Waals surface area contributed by atoms with Gasteiger partial charge >= 0.3 is 0 Å². The smallest absolute Gasteiger partial charge is 0.275 e. The number of likely N-dealkylation sites (N-methyl/N-ethyl adjacent to an activating group) is 1. The first-order valence-corrected chi connectivity index (χ1v) is 11.1. The molecule has 1 saturated heterocycles. The Kier molecular flexibility index (Phi) is 6.90. The fraction of sp³-hybridized carbons (Fsp3) is 0.333. The van der Waals surface area contributed by atoms with Crippen LogP contribution in [0.2, 0.25) is 0 Å². The lowest BCUT2D eigenvalue weighted by Gasteiger charge is -2.33. The molecule has 3 N–H and O–H groups in total. The number of anilines is 2. The maximum Gasteiger partial charge on any atom is 0.275 e. The number of aromatic nitrogens is 2. The standard InChI is InChI=1S/C24H28N6O4/c1-15(30-10-12-34-13-11-30)24(33)29(3)16-7-8-17-19(14-16)27-21(20(17)23(32)25-2)28-22(31)18-6-4-5-9-26-18/h4-9,14-15,27H,10-13H2,1-3H3,(H,25,32)(H,28,31)/t15-/m0/s1. The Morgan fingerprint density at radius 3 is 2.59 bits per heavy atom. The van der Waals surface area contributed by atoms with Crippen molar-refractivity contribution in [3.05, 3.63) is 53.9 Å². The maximum atomic E-state index is 13.1. The number of nitrogens with zero attached hydrogens (tertiary/aromatic N) is 3. The molecule has 3 amide bonds. The van der Waals surface area contributed by atoms with E-state index in [9.17, 15) is 14.4 Å². The summed E-state index contributed by atoms with van der Waals surface area (Å²) in [6.07, 6.45) is 1.52. The summed E-state index contributed by atoms with van der Waals surface area (Å²) in [6, 6.07) is 10.1. The summed E-state index contributed by atoms with van der Waals surface area (Å²) in [6.45, 7) is 4.55. The van der Waals surface area contributed by atoms with Crippen molar-refractivity contribution in [2.24, 2.45) is 0 Å². The molecule has 10 heteroatoms. The highest BCUT2D eigenvalue weighted by atomic mass is 16.5. The number of pyridine rings is 1. The van der Waals surface area contributed by atoms with Gasteiger partial charge in [-0.2, -0.15) is 0 Å². The quantitative estimate of drug-likeness (QED) is 0.512. The van der Waals surface area contributed by atoms with Crippen LogP contribution in [0.4, 0.5) is 11.5 Å². The molecule has 10 nitrogen and oxygen atoms in total. The van der Waals surface area contributed by atoms with Crippen molar-refractivity contribution in [1.82, 2.24) is 20.2 Å². The maximum absolute atomic E-state index is 13.1. The minimum absolute atomic E-state index is 0.0389. The molecule has 0 unspecified atom stereocenters. The van der Waals surface area contributed by atoms with E-state index in [1.807, 2.05) is 6.92 Å². The molecule has 0 bridgehead atoms. The zero-order valence-corrected chi connectivity index (χ0v) is 19.4. The molecule has 1 aliphatic rings. The Morgan fingerprint density at radius 1 is 1.15 bits per heavy atom. The molecule has 1 aliphatic heterocycles. The van der Waals surface area contributed by atoms with Crippen molar-refractivity contribution in [2.75, 3.05) is 50.6 Å². The van der Waals surface area contributed by atoms with E-state index in [0.717, 1.165) is 0 Å². The van der Waals surface area contributed by atoms with Crippen molar-refractivity contribution in [1.29, 1.82) is 0 Å². The zero-order valence-electron chi connectivity index (χ0n) is 19.4. The number of ether oxygens (including phenoxy) is 1. The average Bonchev–Trinajstić information content (AvgIpc) is 3.24. The molecule has 0 aliphatic carbocycles.